The van der Waals surface area contributed by atoms with Gasteiger partial charge in [-0.2, -0.15) is 0 Å². The van der Waals surface area contributed by atoms with E-state index in [2.05, 4.69) is 23.3 Å². The van der Waals surface area contributed by atoms with Crippen molar-refractivity contribution < 1.29 is 0 Å². The first-order valence-corrected chi connectivity index (χ1v) is 8.00. The molecule has 2 aromatic carbocycles. The van der Waals surface area contributed by atoms with Crippen molar-refractivity contribution in [1.29, 1.82) is 0 Å². The topological polar surface area (TPSA) is 24.9 Å². The highest BCUT2D eigenvalue weighted by Gasteiger charge is 2.07. The van der Waals surface area contributed by atoms with E-state index >= 15 is 0 Å². The van der Waals surface area contributed by atoms with Crippen LogP contribution in [0.2, 0.25) is 10.0 Å². The smallest absolute Gasteiger partial charge is 0.187 e. The third-order valence-electron chi connectivity index (χ3n) is 3.11. The minimum atomic E-state index is 0.538. The highest BCUT2D eigenvalue weighted by Crippen LogP contribution is 2.31. The first-order chi connectivity index (χ1) is 10.1. The third-order valence-corrected chi connectivity index (χ3v) is 4.60. The Balaban J connectivity index is 1.86. The van der Waals surface area contributed by atoms with Gasteiger partial charge in [0, 0.05) is 16.6 Å². The first-order valence-electron chi connectivity index (χ1n) is 6.37. The molecule has 1 aromatic heterocycles. The summed E-state index contributed by atoms with van der Waals surface area (Å²) in [7, 11) is 0. The molecule has 0 aliphatic heterocycles. The van der Waals surface area contributed by atoms with Crippen molar-refractivity contribution in [2.45, 2.75) is 6.92 Å². The van der Waals surface area contributed by atoms with Crippen molar-refractivity contribution in [3.05, 3.63) is 63.5 Å². The van der Waals surface area contributed by atoms with Gasteiger partial charge in [0.15, 0.2) is 5.13 Å². The number of aromatic nitrogens is 1. The number of rotatable bonds is 3. The van der Waals surface area contributed by atoms with Gasteiger partial charge in [-0.25, -0.2) is 4.98 Å². The van der Waals surface area contributed by atoms with E-state index in [1.54, 1.807) is 17.4 Å². The normalized spacial score (nSPS) is 10.6. The van der Waals surface area contributed by atoms with Crippen LogP contribution >= 0.6 is 34.5 Å². The van der Waals surface area contributed by atoms with Crippen molar-refractivity contribution in [2.75, 3.05) is 5.32 Å². The predicted octanol–water partition coefficient (Wildman–Crippen LogP) is 6.17. The second kappa shape index (κ2) is 6.06. The maximum Gasteiger partial charge on any atom is 0.187 e. The quantitative estimate of drug-likeness (QED) is 0.619. The first kappa shape index (κ1) is 14.4. The molecule has 3 rings (SSSR count). The van der Waals surface area contributed by atoms with Gasteiger partial charge in [0.2, 0.25) is 0 Å². The number of aryl methyl sites for hydroxylation is 1. The summed E-state index contributed by atoms with van der Waals surface area (Å²) in [6, 6.07) is 13.7. The predicted molar refractivity (Wildman–Crippen MR) is 92.0 cm³/mol. The molecular weight excluding hydrogens is 323 g/mol. The molecule has 3 aromatic rings. The highest BCUT2D eigenvalue weighted by molar-refractivity contribution is 7.14. The average molecular weight is 335 g/mol. The van der Waals surface area contributed by atoms with E-state index in [1.165, 1.54) is 5.56 Å². The third kappa shape index (κ3) is 3.21. The Morgan fingerprint density at radius 3 is 2.62 bits per heavy atom. The lowest BCUT2D eigenvalue weighted by Crippen LogP contribution is -1.92. The maximum absolute atomic E-state index is 6.05. The minimum absolute atomic E-state index is 0.538. The Labute approximate surface area is 137 Å². The second-order valence-corrected chi connectivity index (χ2v) is 6.28. The fourth-order valence-corrected chi connectivity index (χ4v) is 2.98. The lowest BCUT2D eigenvalue weighted by Gasteiger charge is -2.05. The van der Waals surface area contributed by atoms with Crippen LogP contribution in [0.1, 0.15) is 5.56 Å². The van der Waals surface area contributed by atoms with E-state index in [-0.39, 0.29) is 0 Å². The number of anilines is 2. The molecule has 0 aliphatic rings. The van der Waals surface area contributed by atoms with Gasteiger partial charge in [0.25, 0.3) is 0 Å². The van der Waals surface area contributed by atoms with Gasteiger partial charge in [-0.1, -0.05) is 47.5 Å². The summed E-state index contributed by atoms with van der Waals surface area (Å²) in [5.74, 6) is 0. The fourth-order valence-electron chi connectivity index (χ4n) is 1.95. The molecule has 0 fully saturated rings. The Hall–Kier alpha value is -1.55. The minimum Gasteiger partial charge on any atom is -0.331 e. The summed E-state index contributed by atoms with van der Waals surface area (Å²) in [6.45, 7) is 2.07. The van der Waals surface area contributed by atoms with Gasteiger partial charge < -0.3 is 5.32 Å². The number of nitrogens with one attached hydrogen (secondary N) is 1. The molecule has 0 unspecified atom stereocenters. The number of thiazole rings is 1. The molecule has 0 saturated heterocycles. The van der Waals surface area contributed by atoms with Crippen LogP contribution in [0.4, 0.5) is 10.8 Å². The molecule has 0 amide bonds. The zero-order valence-corrected chi connectivity index (χ0v) is 13.6. The number of hydrogen-bond donors (Lipinski definition) is 1. The molecule has 5 heteroatoms. The molecule has 106 valence electrons. The Morgan fingerprint density at radius 2 is 1.86 bits per heavy atom. The number of hydrogen-bond acceptors (Lipinski definition) is 3. The number of benzene rings is 2. The van der Waals surface area contributed by atoms with Gasteiger partial charge in [-0.3, -0.25) is 0 Å². The van der Waals surface area contributed by atoms with Crippen LogP contribution < -0.4 is 5.32 Å². The number of para-hydroxylation sites is 1. The van der Waals surface area contributed by atoms with E-state index < -0.39 is 0 Å². The van der Waals surface area contributed by atoms with Crippen LogP contribution in [-0.4, -0.2) is 4.98 Å². The van der Waals surface area contributed by atoms with E-state index in [9.17, 15) is 0 Å². The maximum atomic E-state index is 6.05. The average Bonchev–Trinajstić information content (AvgIpc) is 2.93. The highest BCUT2D eigenvalue weighted by atomic mass is 35.5. The molecular formula is C16H12Cl2N2S. The van der Waals surface area contributed by atoms with Crippen LogP contribution in [0, 0.1) is 6.92 Å². The van der Waals surface area contributed by atoms with Crippen molar-refractivity contribution in [1.82, 2.24) is 4.98 Å². The van der Waals surface area contributed by atoms with Gasteiger partial charge in [-0.05, 0) is 30.7 Å². The molecule has 0 spiro atoms. The zero-order chi connectivity index (χ0) is 14.8. The SMILES string of the molecule is Cc1ccccc1Nc1nc(-c2ccc(Cl)c(Cl)c2)cs1. The zero-order valence-electron chi connectivity index (χ0n) is 11.2. The molecule has 0 atom stereocenters. The van der Waals surface area contributed by atoms with Crippen LogP contribution in [0.15, 0.2) is 47.8 Å². The fraction of sp³-hybridized carbons (Fsp3) is 0.0625. The Morgan fingerprint density at radius 1 is 1.05 bits per heavy atom. The van der Waals surface area contributed by atoms with Crippen LogP contribution in [-0.2, 0) is 0 Å². The molecule has 0 radical (unpaired) electrons. The molecule has 0 saturated carbocycles. The lowest BCUT2D eigenvalue weighted by atomic mass is 10.2. The molecule has 1 heterocycles. The summed E-state index contributed by atoms with van der Waals surface area (Å²) in [5, 5.41) is 7.28. The summed E-state index contributed by atoms with van der Waals surface area (Å²) < 4.78 is 0. The molecule has 0 aliphatic carbocycles. The van der Waals surface area contributed by atoms with Crippen LogP contribution in [0.3, 0.4) is 0 Å². The summed E-state index contributed by atoms with van der Waals surface area (Å²) in [5.41, 5.74) is 4.09. The second-order valence-electron chi connectivity index (χ2n) is 4.61. The van der Waals surface area contributed by atoms with Gasteiger partial charge >= 0.3 is 0 Å². The number of nitrogens with zero attached hydrogens (tertiary/aromatic N) is 1. The van der Waals surface area contributed by atoms with E-state index in [1.807, 2.05) is 35.7 Å². The largest absolute Gasteiger partial charge is 0.331 e. The Bertz CT molecular complexity index is 783. The molecule has 2 nitrogen and oxygen atoms in total. The van der Waals surface area contributed by atoms with Crippen molar-refractivity contribution >= 4 is 45.4 Å². The monoisotopic (exact) mass is 334 g/mol. The van der Waals surface area contributed by atoms with Gasteiger partial charge in [0.05, 0.1) is 15.7 Å². The van der Waals surface area contributed by atoms with E-state index in [0.29, 0.717) is 10.0 Å². The van der Waals surface area contributed by atoms with E-state index in [0.717, 1.165) is 22.1 Å². The number of halogens is 2. The Kier molecular flexibility index (Phi) is 4.15. The molecule has 1 N–H and O–H groups in total. The van der Waals surface area contributed by atoms with Crippen LogP contribution in [0.25, 0.3) is 11.3 Å². The van der Waals surface area contributed by atoms with Gasteiger partial charge in [0.1, 0.15) is 0 Å². The molecule has 21 heavy (non-hydrogen) atoms. The molecule has 0 bridgehead atoms. The van der Waals surface area contributed by atoms with Crippen molar-refractivity contribution in [3.8, 4) is 11.3 Å². The summed E-state index contributed by atoms with van der Waals surface area (Å²) >= 11 is 13.5. The lowest BCUT2D eigenvalue weighted by molar-refractivity contribution is 1.36. The van der Waals surface area contributed by atoms with Gasteiger partial charge in [-0.15, -0.1) is 11.3 Å². The standard InChI is InChI=1S/C16H12Cl2N2S/c1-10-4-2-3-5-14(10)19-16-20-15(9-21-16)11-6-7-12(17)13(18)8-11/h2-9H,1H3,(H,19,20). The van der Waals surface area contributed by atoms with Crippen molar-refractivity contribution in [2.24, 2.45) is 0 Å². The van der Waals surface area contributed by atoms with E-state index in [4.69, 9.17) is 23.2 Å². The summed E-state index contributed by atoms with van der Waals surface area (Å²) in [4.78, 5) is 4.59. The van der Waals surface area contributed by atoms with Crippen LogP contribution in [0.5, 0.6) is 0 Å². The van der Waals surface area contributed by atoms with Crippen molar-refractivity contribution in [3.63, 3.8) is 0 Å². The summed E-state index contributed by atoms with van der Waals surface area (Å²) in [6.07, 6.45) is 0.